The Morgan fingerprint density at radius 2 is 1.86 bits per heavy atom. The van der Waals surface area contributed by atoms with E-state index in [4.69, 9.17) is 9.47 Å². The van der Waals surface area contributed by atoms with Crippen molar-refractivity contribution in [2.24, 2.45) is 5.92 Å². The van der Waals surface area contributed by atoms with Gasteiger partial charge < -0.3 is 14.4 Å². The summed E-state index contributed by atoms with van der Waals surface area (Å²) >= 11 is 0. The van der Waals surface area contributed by atoms with Crippen LogP contribution in [-0.4, -0.2) is 47.1 Å². The van der Waals surface area contributed by atoms with Gasteiger partial charge in [0.25, 0.3) is 0 Å². The van der Waals surface area contributed by atoms with Crippen molar-refractivity contribution in [2.45, 2.75) is 102 Å². The summed E-state index contributed by atoms with van der Waals surface area (Å²) in [5, 5.41) is 0. The smallest absolute Gasteiger partial charge is 0.437 e. The molecule has 1 heterocycles. The molecule has 3 rings (SSSR count). The van der Waals surface area contributed by atoms with E-state index in [9.17, 15) is 22.8 Å². The zero-order chi connectivity index (χ0) is 26.3. The summed E-state index contributed by atoms with van der Waals surface area (Å²) in [4.78, 5) is 30.0. The van der Waals surface area contributed by atoms with Crippen molar-refractivity contribution >= 4 is 11.9 Å². The highest BCUT2D eigenvalue weighted by atomic mass is 19.4. The maximum absolute atomic E-state index is 13.7. The van der Waals surface area contributed by atoms with Gasteiger partial charge >= 0.3 is 12.1 Å². The van der Waals surface area contributed by atoms with Crippen molar-refractivity contribution in [1.29, 1.82) is 0 Å². The molecule has 1 unspecified atom stereocenters. The normalized spacial score (nSPS) is 20.5. The number of pyridine rings is 1. The molecule has 2 atom stereocenters. The molecular weight excluding hydrogens is 473 g/mol. The first kappa shape index (κ1) is 27.8. The third-order valence-corrected chi connectivity index (χ3v) is 6.68. The Kier molecular flexibility index (Phi) is 9.63. The van der Waals surface area contributed by atoms with Crippen molar-refractivity contribution in [3.05, 3.63) is 23.5 Å². The summed E-state index contributed by atoms with van der Waals surface area (Å²) in [7, 11) is 1.80. The lowest BCUT2D eigenvalue weighted by Gasteiger charge is -2.29. The number of hydrogen-bond donors (Lipinski definition) is 0. The molecule has 9 heteroatoms. The van der Waals surface area contributed by atoms with E-state index in [-0.39, 0.29) is 48.3 Å². The van der Waals surface area contributed by atoms with Gasteiger partial charge in [-0.05, 0) is 70.4 Å². The first-order valence-electron chi connectivity index (χ1n) is 12.7. The Morgan fingerprint density at radius 1 is 1.14 bits per heavy atom. The summed E-state index contributed by atoms with van der Waals surface area (Å²) in [5.41, 5.74) is -1.17. The number of carbonyl (C=O) groups excluding carboxylic acids is 2. The van der Waals surface area contributed by atoms with E-state index in [2.05, 4.69) is 16.8 Å². The van der Waals surface area contributed by atoms with Crippen molar-refractivity contribution in [1.82, 2.24) is 9.88 Å². The SMILES string of the molecule is CC(C)OC(=O)[C@H]1CCCC(Oc2ccc(C#CCCC(=O)N(C)C3CCCC3)nc2C(F)(F)F)C1. The summed E-state index contributed by atoms with van der Waals surface area (Å²) in [5.74, 6) is 4.30. The number of ether oxygens (including phenoxy) is 2. The van der Waals surface area contributed by atoms with Crippen molar-refractivity contribution in [2.75, 3.05) is 7.05 Å². The number of rotatable bonds is 7. The molecule has 2 aliphatic carbocycles. The molecule has 0 bridgehead atoms. The number of hydrogen-bond acceptors (Lipinski definition) is 5. The van der Waals surface area contributed by atoms with Gasteiger partial charge in [-0.2, -0.15) is 13.2 Å². The number of nitrogens with zero attached hydrogens (tertiary/aromatic N) is 2. The predicted molar refractivity (Wildman–Crippen MR) is 128 cm³/mol. The van der Waals surface area contributed by atoms with Crippen LogP contribution in [-0.2, 0) is 20.5 Å². The Labute approximate surface area is 210 Å². The van der Waals surface area contributed by atoms with Crippen LogP contribution in [0.5, 0.6) is 5.75 Å². The molecule has 0 aliphatic heterocycles. The van der Waals surface area contributed by atoms with Gasteiger partial charge in [0.1, 0.15) is 5.69 Å². The maximum Gasteiger partial charge on any atom is 0.437 e. The topological polar surface area (TPSA) is 68.7 Å². The van der Waals surface area contributed by atoms with Gasteiger partial charge in [-0.3, -0.25) is 9.59 Å². The molecule has 1 aromatic heterocycles. The number of esters is 1. The summed E-state index contributed by atoms with van der Waals surface area (Å²) in [6.07, 6.45) is 1.36. The first-order chi connectivity index (χ1) is 17.0. The molecule has 2 aliphatic rings. The number of amides is 1. The molecule has 0 saturated heterocycles. The van der Waals surface area contributed by atoms with Crippen LogP contribution in [0.25, 0.3) is 0 Å². The number of carbonyl (C=O) groups is 2. The predicted octanol–water partition coefficient (Wildman–Crippen LogP) is 5.52. The molecule has 0 radical (unpaired) electrons. The second-order valence-corrected chi connectivity index (χ2v) is 9.87. The minimum atomic E-state index is -4.72. The minimum absolute atomic E-state index is 0.00745. The van der Waals surface area contributed by atoms with Crippen LogP contribution in [0.4, 0.5) is 13.2 Å². The summed E-state index contributed by atoms with van der Waals surface area (Å²) < 4.78 is 52.2. The maximum atomic E-state index is 13.7. The highest BCUT2D eigenvalue weighted by Gasteiger charge is 2.38. The number of halogens is 3. The lowest BCUT2D eigenvalue weighted by Crippen LogP contribution is -2.34. The molecule has 36 heavy (non-hydrogen) atoms. The molecule has 198 valence electrons. The molecule has 6 nitrogen and oxygen atoms in total. The van der Waals surface area contributed by atoms with Gasteiger partial charge in [-0.1, -0.05) is 18.8 Å². The number of aromatic nitrogens is 1. The Bertz CT molecular complexity index is 977. The highest BCUT2D eigenvalue weighted by molar-refractivity contribution is 5.76. The van der Waals surface area contributed by atoms with E-state index in [1.165, 1.54) is 12.1 Å². The Morgan fingerprint density at radius 3 is 2.53 bits per heavy atom. The largest absolute Gasteiger partial charge is 0.488 e. The molecule has 1 aromatic rings. The quantitative estimate of drug-likeness (QED) is 0.358. The van der Waals surface area contributed by atoms with Crippen LogP contribution < -0.4 is 4.74 Å². The van der Waals surface area contributed by atoms with Crippen LogP contribution in [0.15, 0.2) is 12.1 Å². The average Bonchev–Trinajstić information content (AvgIpc) is 3.36. The van der Waals surface area contributed by atoms with Gasteiger partial charge in [0.05, 0.1) is 18.1 Å². The lowest BCUT2D eigenvalue weighted by molar-refractivity contribution is -0.155. The second kappa shape index (κ2) is 12.5. The molecule has 0 N–H and O–H groups in total. The van der Waals surface area contributed by atoms with Crippen LogP contribution in [0.1, 0.15) is 89.4 Å². The van der Waals surface area contributed by atoms with Gasteiger partial charge in [0.2, 0.25) is 5.91 Å². The molecule has 1 amide bonds. The Hall–Kier alpha value is -2.76. The first-order valence-corrected chi connectivity index (χ1v) is 12.7. The summed E-state index contributed by atoms with van der Waals surface area (Å²) in [6.45, 7) is 3.51. The second-order valence-electron chi connectivity index (χ2n) is 9.87. The van der Waals surface area contributed by atoms with E-state index < -0.39 is 23.9 Å². The van der Waals surface area contributed by atoms with Gasteiger partial charge in [0.15, 0.2) is 11.4 Å². The van der Waals surface area contributed by atoms with E-state index >= 15 is 0 Å². The van der Waals surface area contributed by atoms with Crippen molar-refractivity contribution < 1.29 is 32.2 Å². The zero-order valence-electron chi connectivity index (χ0n) is 21.2. The van der Waals surface area contributed by atoms with Crippen LogP contribution in [0, 0.1) is 17.8 Å². The van der Waals surface area contributed by atoms with Crippen molar-refractivity contribution in [3.63, 3.8) is 0 Å². The monoisotopic (exact) mass is 508 g/mol. The standard InChI is InChI=1S/C27H35F3N2O4/c1-18(2)35-26(34)19-9-8-13-22(17-19)36-23-16-15-20(31-25(23)27(28,29)30)10-4-7-14-24(33)32(3)21-11-5-6-12-21/h15-16,18-19,21-22H,5-9,11-14,17H2,1-3H3/t19-,22?/m0/s1. The fourth-order valence-corrected chi connectivity index (χ4v) is 4.78. The van der Waals surface area contributed by atoms with Gasteiger partial charge in [0, 0.05) is 25.9 Å². The fraction of sp³-hybridized carbons (Fsp3) is 0.667. The van der Waals surface area contributed by atoms with Gasteiger partial charge in [-0.15, -0.1) is 0 Å². The van der Waals surface area contributed by atoms with E-state index in [0.717, 1.165) is 25.7 Å². The van der Waals surface area contributed by atoms with Crippen LogP contribution >= 0.6 is 0 Å². The molecule has 2 saturated carbocycles. The highest BCUT2D eigenvalue weighted by Crippen LogP contribution is 2.37. The minimum Gasteiger partial charge on any atom is -0.488 e. The Balaban J connectivity index is 1.62. The van der Waals surface area contributed by atoms with Crippen molar-refractivity contribution in [3.8, 4) is 17.6 Å². The average molecular weight is 509 g/mol. The molecular formula is C27H35F3N2O4. The van der Waals surface area contributed by atoms with E-state index in [1.54, 1.807) is 25.8 Å². The lowest BCUT2D eigenvalue weighted by atomic mass is 9.87. The summed E-state index contributed by atoms with van der Waals surface area (Å²) in [6, 6.07) is 2.89. The van der Waals surface area contributed by atoms with Gasteiger partial charge in [-0.25, -0.2) is 4.98 Å². The van der Waals surface area contributed by atoms with E-state index in [0.29, 0.717) is 25.7 Å². The fourth-order valence-electron chi connectivity index (χ4n) is 4.78. The third-order valence-electron chi connectivity index (χ3n) is 6.68. The molecule has 0 spiro atoms. The van der Waals surface area contributed by atoms with Crippen LogP contribution in [0.3, 0.4) is 0 Å². The molecule has 0 aromatic carbocycles. The number of alkyl halides is 3. The van der Waals surface area contributed by atoms with Crippen LogP contribution in [0.2, 0.25) is 0 Å². The molecule has 2 fully saturated rings. The third kappa shape index (κ3) is 7.87. The van der Waals surface area contributed by atoms with E-state index in [1.807, 2.05) is 0 Å². The zero-order valence-corrected chi connectivity index (χ0v) is 21.2.